The predicted molar refractivity (Wildman–Crippen MR) is 94.7 cm³/mol. The average Bonchev–Trinajstić information content (AvgIpc) is 3.14. The van der Waals surface area contributed by atoms with Gasteiger partial charge in [0, 0.05) is 6.54 Å². The maximum absolute atomic E-state index is 12.5. The van der Waals surface area contributed by atoms with Gasteiger partial charge >= 0.3 is 5.97 Å². The lowest BCUT2D eigenvalue weighted by atomic mass is 10.1. The highest BCUT2D eigenvalue weighted by Crippen LogP contribution is 2.31. The summed E-state index contributed by atoms with van der Waals surface area (Å²) in [6.45, 7) is 2.39. The van der Waals surface area contributed by atoms with E-state index in [-0.39, 0.29) is 24.2 Å². The number of esters is 1. The SMILES string of the molecule is CCCC(N)C(=O)NC1CCN(c2sccc2C(=O)OC)C1=O.Cl. The molecule has 1 fully saturated rings. The number of carbonyl (C=O) groups is 3. The molecule has 7 nitrogen and oxygen atoms in total. The van der Waals surface area contributed by atoms with E-state index in [1.54, 1.807) is 11.4 Å². The second-order valence-corrected chi connectivity index (χ2v) is 6.26. The number of ether oxygens (including phenoxy) is 1. The van der Waals surface area contributed by atoms with Crippen molar-refractivity contribution in [2.75, 3.05) is 18.6 Å². The van der Waals surface area contributed by atoms with Gasteiger partial charge in [0.1, 0.15) is 11.0 Å². The van der Waals surface area contributed by atoms with Crippen LogP contribution in [0.25, 0.3) is 0 Å². The Morgan fingerprint density at radius 3 is 2.88 bits per heavy atom. The standard InChI is InChI=1S/C15H21N3O4S.ClH/c1-3-4-10(16)12(19)17-11-5-7-18(13(11)20)14-9(6-8-23-14)15(21)22-2;/h6,8,10-11H,3-5,7,16H2,1-2H3,(H,17,19);1H. The van der Waals surface area contributed by atoms with E-state index >= 15 is 0 Å². The molecule has 1 aliphatic rings. The minimum Gasteiger partial charge on any atom is -0.465 e. The van der Waals surface area contributed by atoms with E-state index in [1.807, 2.05) is 6.92 Å². The molecule has 0 aromatic carbocycles. The molecule has 2 heterocycles. The van der Waals surface area contributed by atoms with Crippen LogP contribution >= 0.6 is 23.7 Å². The summed E-state index contributed by atoms with van der Waals surface area (Å²) in [4.78, 5) is 37.7. The van der Waals surface area contributed by atoms with Crippen molar-refractivity contribution in [3.63, 3.8) is 0 Å². The number of thiophene rings is 1. The minimum atomic E-state index is -0.603. The topological polar surface area (TPSA) is 102 Å². The Balaban J connectivity index is 0.00000288. The van der Waals surface area contributed by atoms with Crippen molar-refractivity contribution < 1.29 is 19.1 Å². The number of amides is 2. The molecule has 0 saturated carbocycles. The van der Waals surface area contributed by atoms with E-state index in [4.69, 9.17) is 10.5 Å². The predicted octanol–water partition coefficient (Wildman–Crippen LogP) is 1.31. The number of anilines is 1. The zero-order valence-corrected chi connectivity index (χ0v) is 15.2. The number of nitrogens with two attached hydrogens (primary N) is 1. The molecule has 1 aromatic rings. The first kappa shape index (κ1) is 20.4. The van der Waals surface area contributed by atoms with Crippen LogP contribution in [0, 0.1) is 0 Å². The van der Waals surface area contributed by atoms with Gasteiger partial charge in [0.05, 0.1) is 18.7 Å². The van der Waals surface area contributed by atoms with Crippen LogP contribution in [0.1, 0.15) is 36.5 Å². The molecule has 2 amide bonds. The van der Waals surface area contributed by atoms with Crippen molar-refractivity contribution in [1.29, 1.82) is 0 Å². The fourth-order valence-corrected chi connectivity index (χ4v) is 3.43. The number of carbonyl (C=O) groups excluding carboxylic acids is 3. The first-order chi connectivity index (χ1) is 11.0. The molecule has 0 spiro atoms. The fraction of sp³-hybridized carbons (Fsp3) is 0.533. The van der Waals surface area contributed by atoms with Gasteiger partial charge in [-0.2, -0.15) is 0 Å². The number of hydrogen-bond donors (Lipinski definition) is 2. The third-order valence-electron chi connectivity index (χ3n) is 3.75. The van der Waals surface area contributed by atoms with E-state index in [9.17, 15) is 14.4 Å². The monoisotopic (exact) mass is 375 g/mol. The van der Waals surface area contributed by atoms with E-state index < -0.39 is 18.1 Å². The van der Waals surface area contributed by atoms with Gasteiger partial charge in [-0.05, 0) is 24.3 Å². The second-order valence-electron chi connectivity index (χ2n) is 5.37. The van der Waals surface area contributed by atoms with Crippen LogP contribution in [0.15, 0.2) is 11.4 Å². The van der Waals surface area contributed by atoms with Crippen molar-refractivity contribution >= 4 is 46.5 Å². The van der Waals surface area contributed by atoms with Crippen molar-refractivity contribution in [3.8, 4) is 0 Å². The van der Waals surface area contributed by atoms with Crippen LogP contribution in [0.5, 0.6) is 0 Å². The Kier molecular flexibility index (Phi) is 7.65. The summed E-state index contributed by atoms with van der Waals surface area (Å²) in [6, 6.07) is 0.426. The molecule has 0 bridgehead atoms. The molecule has 2 rings (SSSR count). The first-order valence-electron chi connectivity index (χ1n) is 7.52. The molecule has 1 aromatic heterocycles. The number of halogens is 1. The quantitative estimate of drug-likeness (QED) is 0.730. The number of nitrogens with zero attached hydrogens (tertiary/aromatic N) is 1. The molecular formula is C15H22ClN3O4S. The highest BCUT2D eigenvalue weighted by atomic mass is 35.5. The molecule has 3 N–H and O–H groups in total. The van der Waals surface area contributed by atoms with Gasteiger partial charge in [0.15, 0.2) is 0 Å². The van der Waals surface area contributed by atoms with Gasteiger partial charge < -0.3 is 20.7 Å². The summed E-state index contributed by atoms with van der Waals surface area (Å²) >= 11 is 1.30. The smallest absolute Gasteiger partial charge is 0.340 e. The van der Waals surface area contributed by atoms with Gasteiger partial charge in [-0.25, -0.2) is 4.79 Å². The highest BCUT2D eigenvalue weighted by Gasteiger charge is 2.36. The highest BCUT2D eigenvalue weighted by molar-refractivity contribution is 7.14. The van der Waals surface area contributed by atoms with Crippen LogP contribution in [0.4, 0.5) is 5.00 Å². The summed E-state index contributed by atoms with van der Waals surface area (Å²) < 4.78 is 4.72. The summed E-state index contributed by atoms with van der Waals surface area (Å²) in [5.41, 5.74) is 6.13. The number of methoxy groups -OCH3 is 1. The third-order valence-corrected chi connectivity index (χ3v) is 4.69. The first-order valence-corrected chi connectivity index (χ1v) is 8.40. The van der Waals surface area contributed by atoms with Crippen molar-refractivity contribution in [2.24, 2.45) is 5.73 Å². The van der Waals surface area contributed by atoms with Gasteiger partial charge in [-0.15, -0.1) is 23.7 Å². The summed E-state index contributed by atoms with van der Waals surface area (Å²) in [6.07, 6.45) is 1.87. The summed E-state index contributed by atoms with van der Waals surface area (Å²) in [5, 5.41) is 4.99. The maximum atomic E-state index is 12.5. The largest absolute Gasteiger partial charge is 0.465 e. The molecule has 1 saturated heterocycles. The Morgan fingerprint density at radius 2 is 2.25 bits per heavy atom. The van der Waals surface area contributed by atoms with Crippen molar-refractivity contribution in [2.45, 2.75) is 38.3 Å². The molecule has 24 heavy (non-hydrogen) atoms. The lowest BCUT2D eigenvalue weighted by Crippen LogP contribution is -2.48. The Labute approximate surface area is 150 Å². The number of hydrogen-bond acceptors (Lipinski definition) is 6. The Bertz CT molecular complexity index is 607. The molecule has 134 valence electrons. The third kappa shape index (κ3) is 4.25. The van der Waals surface area contributed by atoms with Crippen molar-refractivity contribution in [1.82, 2.24) is 5.32 Å². The van der Waals surface area contributed by atoms with Crippen LogP contribution in [0.2, 0.25) is 0 Å². The maximum Gasteiger partial charge on any atom is 0.340 e. The molecular weight excluding hydrogens is 354 g/mol. The average molecular weight is 376 g/mol. The lowest BCUT2D eigenvalue weighted by Gasteiger charge is -2.18. The van der Waals surface area contributed by atoms with Gasteiger partial charge in [-0.1, -0.05) is 13.3 Å². The van der Waals surface area contributed by atoms with E-state index in [1.165, 1.54) is 23.3 Å². The summed E-state index contributed by atoms with van der Waals surface area (Å²) in [7, 11) is 1.30. The van der Waals surface area contributed by atoms with E-state index in [2.05, 4.69) is 5.32 Å². The van der Waals surface area contributed by atoms with Crippen molar-refractivity contribution in [3.05, 3.63) is 17.0 Å². The number of rotatable bonds is 6. The minimum absolute atomic E-state index is 0. The van der Waals surface area contributed by atoms with Crippen LogP contribution < -0.4 is 16.0 Å². The lowest BCUT2D eigenvalue weighted by molar-refractivity contribution is -0.127. The molecule has 2 atom stereocenters. The molecule has 9 heteroatoms. The molecule has 0 aliphatic carbocycles. The molecule has 1 aliphatic heterocycles. The molecule has 0 radical (unpaired) electrons. The summed E-state index contributed by atoms with van der Waals surface area (Å²) in [5.74, 6) is -1.02. The second kappa shape index (κ2) is 9.00. The van der Waals surface area contributed by atoms with Crippen LogP contribution in [-0.4, -0.2) is 43.5 Å². The molecule has 2 unspecified atom stereocenters. The van der Waals surface area contributed by atoms with Crippen LogP contribution in [-0.2, 0) is 14.3 Å². The Hall–Kier alpha value is -1.64. The normalized spacial score (nSPS) is 18.0. The van der Waals surface area contributed by atoms with Gasteiger partial charge in [0.2, 0.25) is 11.8 Å². The van der Waals surface area contributed by atoms with E-state index in [0.717, 1.165) is 6.42 Å². The zero-order valence-electron chi connectivity index (χ0n) is 13.6. The van der Waals surface area contributed by atoms with E-state index in [0.29, 0.717) is 30.0 Å². The van der Waals surface area contributed by atoms with Gasteiger partial charge in [0.25, 0.3) is 0 Å². The zero-order chi connectivity index (χ0) is 17.0. The van der Waals surface area contributed by atoms with Gasteiger partial charge in [-0.3, -0.25) is 9.59 Å². The number of nitrogens with one attached hydrogen (secondary N) is 1. The Morgan fingerprint density at radius 1 is 1.54 bits per heavy atom. The fourth-order valence-electron chi connectivity index (χ4n) is 2.51. The van der Waals surface area contributed by atoms with Crippen LogP contribution in [0.3, 0.4) is 0 Å².